The van der Waals surface area contributed by atoms with Gasteiger partial charge in [0.05, 0.1) is 20.8 Å². The number of methoxy groups -OCH3 is 2. The van der Waals surface area contributed by atoms with Gasteiger partial charge in [-0.2, -0.15) is 0 Å². The van der Waals surface area contributed by atoms with Crippen LogP contribution in [0, 0.1) is 6.92 Å². The lowest BCUT2D eigenvalue weighted by Gasteiger charge is -2.37. The van der Waals surface area contributed by atoms with Crippen molar-refractivity contribution in [3.05, 3.63) is 128 Å². The van der Waals surface area contributed by atoms with Gasteiger partial charge in [0, 0.05) is 18.8 Å². The summed E-state index contributed by atoms with van der Waals surface area (Å²) in [4.78, 5) is 39.3. The number of aryl methyl sites for hydroxylation is 1. The summed E-state index contributed by atoms with van der Waals surface area (Å²) in [5.74, 6) is 0.893. The third-order valence-electron chi connectivity index (χ3n) is 8.06. The zero-order chi connectivity index (χ0) is 32.8. The highest BCUT2D eigenvalue weighted by Gasteiger charge is 2.48. The molecule has 46 heavy (non-hydrogen) atoms. The smallest absolute Gasteiger partial charge is 0.330 e. The SMILES string of the molecule is CNC(=O)COC1[C@@H](O)[C@@H](COC(c2ccccc2)(c2ccc(OC)cc2)c2ccc(OC)cc2)O[C@H]1n1cc(C)c(=O)[nH]c1=O. The van der Waals surface area contributed by atoms with Gasteiger partial charge in [-0.05, 0) is 47.9 Å². The number of aliphatic hydroxyl groups excluding tert-OH is 1. The van der Waals surface area contributed by atoms with E-state index in [1.54, 1.807) is 21.1 Å². The molecule has 0 saturated carbocycles. The van der Waals surface area contributed by atoms with Gasteiger partial charge in [-0.15, -0.1) is 0 Å². The maximum Gasteiger partial charge on any atom is 0.330 e. The summed E-state index contributed by atoms with van der Waals surface area (Å²) in [6.45, 7) is 0.981. The first-order chi connectivity index (χ1) is 22.2. The van der Waals surface area contributed by atoms with Crippen LogP contribution in [-0.2, 0) is 24.6 Å². The van der Waals surface area contributed by atoms with Crippen LogP contribution in [0.1, 0.15) is 28.5 Å². The lowest BCUT2D eigenvalue weighted by Crippen LogP contribution is -2.42. The molecule has 4 atom stereocenters. The topological polar surface area (TPSA) is 150 Å². The number of ether oxygens (including phenoxy) is 5. The van der Waals surface area contributed by atoms with E-state index in [2.05, 4.69) is 10.3 Å². The van der Waals surface area contributed by atoms with Gasteiger partial charge < -0.3 is 34.1 Å². The van der Waals surface area contributed by atoms with E-state index in [1.165, 1.54) is 13.2 Å². The van der Waals surface area contributed by atoms with Crippen molar-refractivity contribution in [1.82, 2.24) is 14.9 Å². The molecule has 1 saturated heterocycles. The molecular weight excluding hydrogens is 594 g/mol. The number of carbonyl (C=O) groups is 1. The quantitative estimate of drug-likeness (QED) is 0.200. The van der Waals surface area contributed by atoms with Crippen LogP contribution >= 0.6 is 0 Å². The number of aromatic amines is 1. The van der Waals surface area contributed by atoms with E-state index in [0.717, 1.165) is 21.3 Å². The van der Waals surface area contributed by atoms with Crippen LogP contribution in [0.3, 0.4) is 0 Å². The van der Waals surface area contributed by atoms with Crippen LogP contribution in [0.15, 0.2) is 94.6 Å². The maximum atomic E-state index is 12.9. The van der Waals surface area contributed by atoms with Crippen molar-refractivity contribution in [3.63, 3.8) is 0 Å². The summed E-state index contributed by atoms with van der Waals surface area (Å²) in [7, 11) is 4.64. The molecule has 0 radical (unpaired) electrons. The molecule has 12 heteroatoms. The molecular formula is C34H37N3O9. The Hall–Kier alpha value is -4.75. The fraction of sp³-hybridized carbons (Fsp3) is 0.324. The molecule has 1 unspecified atom stereocenters. The van der Waals surface area contributed by atoms with Gasteiger partial charge in [-0.1, -0.05) is 54.6 Å². The van der Waals surface area contributed by atoms with Crippen molar-refractivity contribution in [3.8, 4) is 11.5 Å². The normalized spacial score (nSPS) is 19.5. The largest absolute Gasteiger partial charge is 0.497 e. The lowest BCUT2D eigenvalue weighted by atomic mass is 9.80. The average molecular weight is 632 g/mol. The van der Waals surface area contributed by atoms with Crippen molar-refractivity contribution in [2.24, 2.45) is 0 Å². The van der Waals surface area contributed by atoms with E-state index in [-0.39, 0.29) is 12.2 Å². The number of amides is 1. The minimum Gasteiger partial charge on any atom is -0.497 e. The lowest BCUT2D eigenvalue weighted by molar-refractivity contribution is -0.132. The molecule has 3 aromatic carbocycles. The molecule has 1 fully saturated rings. The van der Waals surface area contributed by atoms with Crippen molar-refractivity contribution < 1.29 is 33.6 Å². The predicted octanol–water partition coefficient (Wildman–Crippen LogP) is 2.26. The van der Waals surface area contributed by atoms with Gasteiger partial charge in [-0.25, -0.2) is 4.79 Å². The first-order valence-corrected chi connectivity index (χ1v) is 14.7. The van der Waals surface area contributed by atoms with Crippen LogP contribution < -0.4 is 26.0 Å². The molecule has 1 amide bonds. The summed E-state index contributed by atoms with van der Waals surface area (Å²) in [5.41, 5.74) is 0.0957. The Morgan fingerprint density at radius 1 is 0.935 bits per heavy atom. The second-order valence-corrected chi connectivity index (χ2v) is 10.8. The number of nitrogens with one attached hydrogen (secondary N) is 2. The van der Waals surface area contributed by atoms with E-state index in [4.69, 9.17) is 23.7 Å². The van der Waals surface area contributed by atoms with E-state index < -0.39 is 53.9 Å². The molecule has 1 aliphatic rings. The second-order valence-electron chi connectivity index (χ2n) is 10.8. The Kier molecular flexibility index (Phi) is 10.0. The Morgan fingerprint density at radius 2 is 1.50 bits per heavy atom. The third-order valence-corrected chi connectivity index (χ3v) is 8.06. The van der Waals surface area contributed by atoms with Gasteiger partial charge in [0.1, 0.15) is 42.0 Å². The Balaban J connectivity index is 1.57. The van der Waals surface area contributed by atoms with Crippen molar-refractivity contribution in [1.29, 1.82) is 0 Å². The van der Waals surface area contributed by atoms with Crippen molar-refractivity contribution in [2.45, 2.75) is 37.1 Å². The number of H-pyrrole nitrogens is 1. The molecule has 12 nitrogen and oxygen atoms in total. The zero-order valence-electron chi connectivity index (χ0n) is 26.0. The van der Waals surface area contributed by atoms with E-state index >= 15 is 0 Å². The highest BCUT2D eigenvalue weighted by molar-refractivity contribution is 5.76. The number of benzene rings is 3. The fourth-order valence-electron chi connectivity index (χ4n) is 5.56. The molecule has 242 valence electrons. The van der Waals surface area contributed by atoms with Gasteiger partial charge in [-0.3, -0.25) is 19.1 Å². The summed E-state index contributed by atoms with van der Waals surface area (Å²) in [6.07, 6.45) is -3.33. The second kappa shape index (κ2) is 14.1. The molecule has 0 bridgehead atoms. The van der Waals surface area contributed by atoms with Crippen LogP contribution in [-0.4, -0.2) is 73.4 Å². The van der Waals surface area contributed by atoms with Crippen LogP contribution in [0.5, 0.6) is 11.5 Å². The van der Waals surface area contributed by atoms with Crippen molar-refractivity contribution in [2.75, 3.05) is 34.5 Å². The molecule has 0 spiro atoms. The third kappa shape index (κ3) is 6.46. The maximum absolute atomic E-state index is 12.9. The van der Waals surface area contributed by atoms with Crippen LogP contribution in [0.25, 0.3) is 0 Å². The van der Waals surface area contributed by atoms with Gasteiger partial charge in [0.2, 0.25) is 5.91 Å². The highest BCUT2D eigenvalue weighted by atomic mass is 16.6. The minimum absolute atomic E-state index is 0.165. The van der Waals surface area contributed by atoms with Gasteiger partial charge in [0.25, 0.3) is 5.56 Å². The first kappa shape index (κ1) is 32.6. The number of carbonyl (C=O) groups excluding carboxylic acids is 1. The number of hydrogen-bond donors (Lipinski definition) is 3. The van der Waals surface area contributed by atoms with E-state index in [9.17, 15) is 19.5 Å². The van der Waals surface area contributed by atoms with E-state index in [1.807, 2.05) is 78.9 Å². The molecule has 4 aromatic rings. The zero-order valence-corrected chi connectivity index (χ0v) is 26.0. The van der Waals surface area contributed by atoms with E-state index in [0.29, 0.717) is 11.5 Å². The van der Waals surface area contributed by atoms with Gasteiger partial charge >= 0.3 is 5.69 Å². The summed E-state index contributed by atoms with van der Waals surface area (Å²) >= 11 is 0. The summed E-state index contributed by atoms with van der Waals surface area (Å²) in [5, 5.41) is 14.0. The minimum atomic E-state index is -1.33. The molecule has 3 N–H and O–H groups in total. The molecule has 5 rings (SSSR count). The Bertz CT molecular complexity index is 1690. The molecule has 1 aliphatic heterocycles. The van der Waals surface area contributed by atoms with Gasteiger partial charge in [0.15, 0.2) is 6.23 Å². The fourth-order valence-corrected chi connectivity index (χ4v) is 5.56. The standard InChI is InChI=1S/C34H37N3O9/c1-21-18-37(33(41)36-31(21)40)32-30(44-20-28(38)35-2)29(39)27(46-32)19-45-34(22-8-6-5-7-9-22,23-10-14-25(42-3)15-11-23)24-12-16-26(43-4)17-13-24/h5-18,27,29-30,32,39H,19-20H2,1-4H3,(H,35,38)(H,36,40,41)/t27-,29+,30?,32-/m1/s1. The number of aromatic nitrogens is 2. The summed E-state index contributed by atoms with van der Waals surface area (Å²) < 4.78 is 30.9. The first-order valence-electron chi connectivity index (χ1n) is 14.7. The van der Waals surface area contributed by atoms with Crippen LogP contribution in [0.2, 0.25) is 0 Å². The predicted molar refractivity (Wildman–Crippen MR) is 168 cm³/mol. The highest BCUT2D eigenvalue weighted by Crippen LogP contribution is 2.43. The Morgan fingerprint density at radius 3 is 2.04 bits per heavy atom. The number of hydrogen-bond acceptors (Lipinski definition) is 9. The molecule has 2 heterocycles. The number of aliphatic hydroxyl groups is 1. The average Bonchev–Trinajstić information content (AvgIpc) is 3.40. The Labute approximate surface area is 265 Å². The molecule has 1 aromatic heterocycles. The van der Waals surface area contributed by atoms with Crippen molar-refractivity contribution >= 4 is 5.91 Å². The van der Waals surface area contributed by atoms with Crippen LogP contribution in [0.4, 0.5) is 0 Å². The number of rotatable bonds is 12. The molecule has 0 aliphatic carbocycles. The number of nitrogens with zero attached hydrogens (tertiary/aromatic N) is 1. The summed E-state index contributed by atoms with van der Waals surface area (Å²) in [6, 6.07) is 24.6. The monoisotopic (exact) mass is 631 g/mol. The number of likely N-dealkylation sites (N-methyl/N-ethyl adjacent to an activating group) is 1.